The van der Waals surface area contributed by atoms with Crippen LogP contribution in [0.2, 0.25) is 0 Å². The Morgan fingerprint density at radius 3 is 2.46 bits per heavy atom. The van der Waals surface area contributed by atoms with Gasteiger partial charge < -0.3 is 0 Å². The van der Waals surface area contributed by atoms with Gasteiger partial charge in [-0.05, 0) is 68.1 Å². The largest absolute Gasteiger partial charge is 0.300 e. The number of fused-ring (bicyclic) bond motifs is 5. The second-order valence-electron chi connectivity index (χ2n) is 9.55. The second kappa shape index (κ2) is 5.25. The lowest BCUT2D eigenvalue weighted by Gasteiger charge is -2.59. The number of Topliss-reactive ketones (excluding diaryl/α,β-unsaturated/α-hetero) is 3. The number of ketones is 3. The molecule has 3 nitrogen and oxygen atoms in total. The summed E-state index contributed by atoms with van der Waals surface area (Å²) in [7, 11) is 0. The molecule has 3 heteroatoms. The van der Waals surface area contributed by atoms with Gasteiger partial charge in [0.2, 0.25) is 0 Å². The molecule has 0 saturated heterocycles. The normalized spacial score (nSPS) is 50.9. The Bertz CT molecular complexity index is 608. The predicted molar refractivity (Wildman–Crippen MR) is 91.3 cm³/mol. The highest BCUT2D eigenvalue weighted by molar-refractivity contribution is 5.93. The molecule has 0 aromatic carbocycles. The van der Waals surface area contributed by atoms with Crippen LogP contribution in [-0.4, -0.2) is 17.3 Å². The van der Waals surface area contributed by atoms with Crippen LogP contribution in [0.1, 0.15) is 72.1 Å². The van der Waals surface area contributed by atoms with Gasteiger partial charge in [0.25, 0.3) is 0 Å². The van der Waals surface area contributed by atoms with Gasteiger partial charge in [-0.3, -0.25) is 14.4 Å². The predicted octanol–water partition coefficient (Wildman–Crippen LogP) is 3.98. The van der Waals surface area contributed by atoms with Crippen LogP contribution in [0.25, 0.3) is 0 Å². The molecule has 4 aliphatic rings. The van der Waals surface area contributed by atoms with Gasteiger partial charge in [-0.1, -0.05) is 13.8 Å². The molecular formula is C21H30O3. The summed E-state index contributed by atoms with van der Waals surface area (Å²) < 4.78 is 0. The van der Waals surface area contributed by atoms with E-state index in [1.165, 1.54) is 0 Å². The van der Waals surface area contributed by atoms with E-state index >= 15 is 0 Å². The lowest BCUT2D eigenvalue weighted by Crippen LogP contribution is -2.57. The van der Waals surface area contributed by atoms with Gasteiger partial charge >= 0.3 is 0 Å². The minimum Gasteiger partial charge on any atom is -0.300 e. The van der Waals surface area contributed by atoms with Crippen LogP contribution in [0.15, 0.2) is 0 Å². The molecule has 24 heavy (non-hydrogen) atoms. The molecule has 132 valence electrons. The molecule has 4 rings (SSSR count). The van der Waals surface area contributed by atoms with Crippen molar-refractivity contribution < 1.29 is 14.4 Å². The molecule has 0 spiro atoms. The fourth-order valence-corrected chi connectivity index (χ4v) is 7.40. The lowest BCUT2D eigenvalue weighted by atomic mass is 9.44. The summed E-state index contributed by atoms with van der Waals surface area (Å²) in [5, 5.41) is 0. The van der Waals surface area contributed by atoms with Crippen LogP contribution in [0.3, 0.4) is 0 Å². The molecule has 4 aliphatic carbocycles. The Labute approximate surface area is 144 Å². The summed E-state index contributed by atoms with van der Waals surface area (Å²) in [6.45, 7) is 6.12. The molecular weight excluding hydrogens is 300 g/mol. The van der Waals surface area contributed by atoms with Crippen LogP contribution in [0.4, 0.5) is 0 Å². The third-order valence-corrected chi connectivity index (χ3v) is 8.84. The fraction of sp³-hybridized carbons (Fsp3) is 0.857. The Morgan fingerprint density at radius 1 is 1.00 bits per heavy atom. The molecule has 0 radical (unpaired) electrons. The van der Waals surface area contributed by atoms with Crippen LogP contribution >= 0.6 is 0 Å². The van der Waals surface area contributed by atoms with Crippen molar-refractivity contribution in [2.45, 2.75) is 72.1 Å². The van der Waals surface area contributed by atoms with E-state index in [1.54, 1.807) is 6.92 Å². The summed E-state index contributed by atoms with van der Waals surface area (Å²) in [5.74, 6) is 2.76. The van der Waals surface area contributed by atoms with Crippen molar-refractivity contribution in [1.29, 1.82) is 0 Å². The van der Waals surface area contributed by atoms with E-state index < -0.39 is 5.41 Å². The minimum absolute atomic E-state index is 0.0607. The van der Waals surface area contributed by atoms with E-state index in [-0.39, 0.29) is 17.1 Å². The maximum Gasteiger partial charge on any atom is 0.140 e. The lowest BCUT2D eigenvalue weighted by molar-refractivity contribution is -0.160. The van der Waals surface area contributed by atoms with Gasteiger partial charge in [0.1, 0.15) is 17.3 Å². The number of rotatable bonds is 1. The highest BCUT2D eigenvalue weighted by Gasteiger charge is 2.64. The molecule has 0 amide bonds. The molecule has 7 atom stereocenters. The molecule has 4 saturated carbocycles. The third-order valence-electron chi connectivity index (χ3n) is 8.84. The first-order chi connectivity index (χ1) is 11.3. The minimum atomic E-state index is -0.416. The van der Waals surface area contributed by atoms with E-state index in [0.717, 1.165) is 38.5 Å². The van der Waals surface area contributed by atoms with Gasteiger partial charge in [-0.25, -0.2) is 0 Å². The summed E-state index contributed by atoms with van der Waals surface area (Å²) in [6, 6.07) is 0. The monoisotopic (exact) mass is 330 g/mol. The average Bonchev–Trinajstić information content (AvgIpc) is 2.88. The molecule has 0 N–H and O–H groups in total. The van der Waals surface area contributed by atoms with Crippen LogP contribution in [-0.2, 0) is 14.4 Å². The zero-order valence-electron chi connectivity index (χ0n) is 15.3. The Hall–Kier alpha value is -0.990. The summed E-state index contributed by atoms with van der Waals surface area (Å²) in [5.41, 5.74) is -0.261. The SMILES string of the molecule is CC(=O)[C@@H]1CC[C@@H]2[C@@H]3CC[C@H]4CC(=O)CC[C@]4(C)[C@@H]3CC(=O)[C@]21C. The van der Waals surface area contributed by atoms with Gasteiger partial charge in [-0.15, -0.1) is 0 Å². The van der Waals surface area contributed by atoms with Crippen LogP contribution in [0, 0.1) is 40.4 Å². The highest BCUT2D eigenvalue weighted by atomic mass is 16.1. The molecule has 0 unspecified atom stereocenters. The van der Waals surface area contributed by atoms with E-state index in [4.69, 9.17) is 0 Å². The first-order valence-corrected chi connectivity index (χ1v) is 9.84. The topological polar surface area (TPSA) is 51.2 Å². The van der Waals surface area contributed by atoms with Crippen molar-refractivity contribution in [3.8, 4) is 0 Å². The summed E-state index contributed by atoms with van der Waals surface area (Å²) in [6.07, 6.45) is 7.24. The quantitative estimate of drug-likeness (QED) is 0.730. The third kappa shape index (κ3) is 1.99. The van der Waals surface area contributed by atoms with Gasteiger partial charge in [0, 0.05) is 30.6 Å². The van der Waals surface area contributed by atoms with E-state index in [0.29, 0.717) is 48.1 Å². The smallest absolute Gasteiger partial charge is 0.140 e. The molecule has 0 aliphatic heterocycles. The molecule has 0 aromatic heterocycles. The maximum absolute atomic E-state index is 13.2. The number of hydrogen-bond acceptors (Lipinski definition) is 3. The van der Waals surface area contributed by atoms with Crippen molar-refractivity contribution in [3.63, 3.8) is 0 Å². The Balaban J connectivity index is 1.69. The van der Waals surface area contributed by atoms with E-state index in [9.17, 15) is 14.4 Å². The number of hydrogen-bond donors (Lipinski definition) is 0. The highest BCUT2D eigenvalue weighted by Crippen LogP contribution is 2.66. The van der Waals surface area contributed by atoms with Gasteiger partial charge in [-0.2, -0.15) is 0 Å². The van der Waals surface area contributed by atoms with E-state index in [2.05, 4.69) is 13.8 Å². The maximum atomic E-state index is 13.2. The van der Waals surface area contributed by atoms with Crippen molar-refractivity contribution in [2.24, 2.45) is 40.4 Å². The van der Waals surface area contributed by atoms with Crippen LogP contribution < -0.4 is 0 Å². The molecule has 4 fully saturated rings. The molecule has 0 aromatic rings. The van der Waals surface area contributed by atoms with Crippen molar-refractivity contribution in [1.82, 2.24) is 0 Å². The van der Waals surface area contributed by atoms with Crippen molar-refractivity contribution in [2.75, 3.05) is 0 Å². The Kier molecular flexibility index (Phi) is 3.61. The molecule has 0 bridgehead atoms. The van der Waals surface area contributed by atoms with Gasteiger partial charge in [0.15, 0.2) is 0 Å². The van der Waals surface area contributed by atoms with Crippen molar-refractivity contribution >= 4 is 17.3 Å². The number of carbonyl (C=O) groups excluding carboxylic acids is 3. The first kappa shape index (κ1) is 16.5. The second-order valence-corrected chi connectivity index (χ2v) is 9.55. The summed E-state index contributed by atoms with van der Waals surface area (Å²) >= 11 is 0. The van der Waals surface area contributed by atoms with Gasteiger partial charge in [0.05, 0.1) is 0 Å². The van der Waals surface area contributed by atoms with E-state index in [1.807, 2.05) is 0 Å². The summed E-state index contributed by atoms with van der Waals surface area (Å²) in [4.78, 5) is 37.3. The molecule has 0 heterocycles. The zero-order valence-corrected chi connectivity index (χ0v) is 15.3. The number of carbonyl (C=O) groups is 3. The standard InChI is InChI=1S/C21H30O3/c1-12(22)16-6-7-17-15-5-4-13-10-14(23)8-9-20(13,2)18(15)11-19(24)21(16,17)3/h13,15-18H,4-11H2,1-3H3/t13-,15-,16-,17+,18+,20-,21-/m0/s1. The zero-order chi connectivity index (χ0) is 17.3. The Morgan fingerprint density at radius 2 is 1.75 bits per heavy atom. The van der Waals surface area contributed by atoms with Crippen molar-refractivity contribution in [3.05, 3.63) is 0 Å². The average molecular weight is 330 g/mol. The fourth-order valence-electron chi connectivity index (χ4n) is 7.40. The van der Waals surface area contributed by atoms with Crippen LogP contribution in [0.5, 0.6) is 0 Å². The first-order valence-electron chi connectivity index (χ1n) is 9.84.